The van der Waals surface area contributed by atoms with Gasteiger partial charge in [-0.25, -0.2) is 4.39 Å². The molecule has 18 heavy (non-hydrogen) atoms. The van der Waals surface area contributed by atoms with E-state index < -0.39 is 0 Å². The summed E-state index contributed by atoms with van der Waals surface area (Å²) in [5.41, 5.74) is 6.70. The predicted molar refractivity (Wildman–Crippen MR) is 75.0 cm³/mol. The average Bonchev–Trinajstić information content (AvgIpc) is 2.34. The molecule has 3 nitrogen and oxygen atoms in total. The molecule has 0 fully saturated rings. The number of rotatable bonds is 6. The summed E-state index contributed by atoms with van der Waals surface area (Å²) in [5, 5.41) is 0. The lowest BCUT2D eigenvalue weighted by molar-refractivity contribution is 0.0908. The minimum Gasteiger partial charge on any atom is -0.383 e. The monoisotopic (exact) mass is 318 g/mol. The topological polar surface area (TPSA) is 38.5 Å². The molecule has 0 aliphatic heterocycles. The second kappa shape index (κ2) is 7.19. The predicted octanol–water partition coefficient (Wildman–Crippen LogP) is 2.55. The zero-order valence-electron chi connectivity index (χ0n) is 11.0. The third-order valence-electron chi connectivity index (χ3n) is 3.14. The number of ether oxygens (including phenoxy) is 1. The molecule has 0 bridgehead atoms. The maximum Gasteiger partial charge on any atom is 0.123 e. The number of nitrogens with two attached hydrogens (primary N) is 1. The van der Waals surface area contributed by atoms with Gasteiger partial charge in [-0.15, -0.1) is 0 Å². The maximum atomic E-state index is 13.4. The van der Waals surface area contributed by atoms with E-state index in [9.17, 15) is 4.39 Å². The number of nitrogens with zero attached hydrogens (tertiary/aromatic N) is 1. The largest absolute Gasteiger partial charge is 0.383 e. The maximum absolute atomic E-state index is 13.4. The van der Waals surface area contributed by atoms with Gasteiger partial charge >= 0.3 is 0 Å². The second-order valence-corrected chi connectivity index (χ2v) is 5.24. The normalized spacial score (nSPS) is 14.8. The van der Waals surface area contributed by atoms with Crippen LogP contribution in [0.1, 0.15) is 18.5 Å². The van der Waals surface area contributed by atoms with Crippen molar-refractivity contribution < 1.29 is 9.13 Å². The Kier molecular flexibility index (Phi) is 6.21. The number of likely N-dealkylation sites (N-methyl/N-ethyl adjacent to an activating group) is 1. The lowest BCUT2D eigenvalue weighted by Crippen LogP contribution is -2.39. The van der Waals surface area contributed by atoms with Gasteiger partial charge in [-0.1, -0.05) is 15.9 Å². The van der Waals surface area contributed by atoms with Crippen molar-refractivity contribution in [2.75, 3.05) is 27.3 Å². The first kappa shape index (κ1) is 15.6. The first-order valence-corrected chi connectivity index (χ1v) is 6.66. The molecule has 1 aromatic rings. The van der Waals surface area contributed by atoms with Gasteiger partial charge in [0.2, 0.25) is 0 Å². The van der Waals surface area contributed by atoms with Crippen molar-refractivity contribution in [2.24, 2.45) is 5.73 Å². The van der Waals surface area contributed by atoms with Crippen molar-refractivity contribution in [2.45, 2.75) is 19.0 Å². The van der Waals surface area contributed by atoms with Crippen LogP contribution in [-0.4, -0.2) is 38.3 Å². The van der Waals surface area contributed by atoms with Gasteiger partial charge in [0.05, 0.1) is 6.61 Å². The van der Waals surface area contributed by atoms with E-state index in [1.54, 1.807) is 13.2 Å². The van der Waals surface area contributed by atoms with E-state index in [4.69, 9.17) is 10.5 Å². The SMILES string of the molecule is COCC(C)N(C)C(CN)c1cc(F)ccc1Br. The van der Waals surface area contributed by atoms with Gasteiger partial charge in [0.15, 0.2) is 0 Å². The highest BCUT2D eigenvalue weighted by Gasteiger charge is 2.22. The molecule has 0 aliphatic rings. The van der Waals surface area contributed by atoms with Crippen LogP contribution in [-0.2, 0) is 4.74 Å². The Bertz CT molecular complexity index is 389. The van der Waals surface area contributed by atoms with Crippen LogP contribution in [0.3, 0.4) is 0 Å². The lowest BCUT2D eigenvalue weighted by atomic mass is 10.0. The Hall–Kier alpha value is -0.490. The van der Waals surface area contributed by atoms with Crippen molar-refractivity contribution in [3.05, 3.63) is 34.1 Å². The van der Waals surface area contributed by atoms with Crippen LogP contribution < -0.4 is 5.73 Å². The zero-order chi connectivity index (χ0) is 13.7. The van der Waals surface area contributed by atoms with Crippen LogP contribution in [0.15, 0.2) is 22.7 Å². The van der Waals surface area contributed by atoms with E-state index in [1.807, 2.05) is 7.05 Å². The second-order valence-electron chi connectivity index (χ2n) is 4.39. The zero-order valence-corrected chi connectivity index (χ0v) is 12.6. The van der Waals surface area contributed by atoms with Crippen LogP contribution in [0.5, 0.6) is 0 Å². The van der Waals surface area contributed by atoms with Crippen molar-refractivity contribution in [3.8, 4) is 0 Å². The number of benzene rings is 1. The fourth-order valence-electron chi connectivity index (χ4n) is 1.95. The van der Waals surface area contributed by atoms with Gasteiger partial charge in [-0.3, -0.25) is 4.90 Å². The Morgan fingerprint density at radius 3 is 2.72 bits per heavy atom. The van der Waals surface area contributed by atoms with Gasteiger partial charge in [0.1, 0.15) is 5.82 Å². The molecule has 0 aromatic heterocycles. The van der Waals surface area contributed by atoms with E-state index in [-0.39, 0.29) is 17.9 Å². The summed E-state index contributed by atoms with van der Waals surface area (Å²) in [6.07, 6.45) is 0. The first-order chi connectivity index (χ1) is 8.51. The van der Waals surface area contributed by atoms with Crippen molar-refractivity contribution in [1.29, 1.82) is 0 Å². The molecular formula is C13H20BrFN2O. The summed E-state index contributed by atoms with van der Waals surface area (Å²) in [5.74, 6) is -0.251. The van der Waals surface area contributed by atoms with Crippen molar-refractivity contribution in [1.82, 2.24) is 4.90 Å². The summed E-state index contributed by atoms with van der Waals surface area (Å²) < 4.78 is 19.4. The molecule has 2 unspecified atom stereocenters. The molecule has 2 atom stereocenters. The van der Waals surface area contributed by atoms with Gasteiger partial charge in [-0.2, -0.15) is 0 Å². The van der Waals surface area contributed by atoms with Crippen molar-refractivity contribution in [3.63, 3.8) is 0 Å². The quantitative estimate of drug-likeness (QED) is 0.876. The number of hydrogen-bond acceptors (Lipinski definition) is 3. The Balaban J connectivity index is 2.98. The molecule has 0 saturated heterocycles. The summed E-state index contributed by atoms with van der Waals surface area (Å²) in [4.78, 5) is 2.10. The van der Waals surface area contributed by atoms with Crippen LogP contribution >= 0.6 is 15.9 Å². The number of halogens is 2. The van der Waals surface area contributed by atoms with E-state index in [0.29, 0.717) is 13.2 Å². The highest BCUT2D eigenvalue weighted by molar-refractivity contribution is 9.10. The summed E-state index contributed by atoms with van der Waals surface area (Å²) in [7, 11) is 3.64. The summed E-state index contributed by atoms with van der Waals surface area (Å²) in [6.45, 7) is 3.09. The van der Waals surface area contributed by atoms with Gasteiger partial charge in [0, 0.05) is 30.2 Å². The first-order valence-electron chi connectivity index (χ1n) is 5.87. The molecule has 0 radical (unpaired) electrons. The molecular weight excluding hydrogens is 299 g/mol. The molecule has 5 heteroatoms. The molecule has 0 saturated carbocycles. The van der Waals surface area contributed by atoms with Gasteiger partial charge in [0.25, 0.3) is 0 Å². The van der Waals surface area contributed by atoms with Gasteiger partial charge in [-0.05, 0) is 37.7 Å². The highest BCUT2D eigenvalue weighted by Crippen LogP contribution is 2.28. The average molecular weight is 319 g/mol. The third-order valence-corrected chi connectivity index (χ3v) is 3.86. The van der Waals surface area contributed by atoms with E-state index in [0.717, 1.165) is 10.0 Å². The fourth-order valence-corrected chi connectivity index (χ4v) is 2.46. The standard InChI is InChI=1S/C13H20BrFN2O/c1-9(8-18-3)17(2)13(7-16)11-6-10(15)4-5-12(11)14/h4-6,9,13H,7-8,16H2,1-3H3. The highest BCUT2D eigenvalue weighted by atomic mass is 79.9. The number of hydrogen-bond donors (Lipinski definition) is 1. The van der Waals surface area contributed by atoms with Crippen LogP contribution in [0, 0.1) is 5.82 Å². The van der Waals surface area contributed by atoms with Crippen LogP contribution in [0.2, 0.25) is 0 Å². The molecule has 1 aromatic carbocycles. The Morgan fingerprint density at radius 1 is 1.50 bits per heavy atom. The molecule has 0 spiro atoms. The van der Waals surface area contributed by atoms with Gasteiger partial charge < -0.3 is 10.5 Å². The molecule has 0 amide bonds. The lowest BCUT2D eigenvalue weighted by Gasteiger charge is -2.33. The summed E-state index contributed by atoms with van der Waals surface area (Å²) in [6, 6.07) is 4.83. The Labute approximate surface area is 116 Å². The van der Waals surface area contributed by atoms with Crippen LogP contribution in [0.25, 0.3) is 0 Å². The molecule has 0 heterocycles. The molecule has 1 rings (SSSR count). The Morgan fingerprint density at radius 2 is 2.17 bits per heavy atom. The minimum atomic E-state index is -0.251. The molecule has 0 aliphatic carbocycles. The molecule has 102 valence electrons. The van der Waals surface area contributed by atoms with E-state index >= 15 is 0 Å². The fraction of sp³-hybridized carbons (Fsp3) is 0.538. The van der Waals surface area contributed by atoms with E-state index in [1.165, 1.54) is 12.1 Å². The summed E-state index contributed by atoms with van der Waals surface area (Å²) >= 11 is 3.45. The number of methoxy groups -OCH3 is 1. The smallest absolute Gasteiger partial charge is 0.123 e. The molecule has 2 N–H and O–H groups in total. The van der Waals surface area contributed by atoms with Crippen LogP contribution in [0.4, 0.5) is 4.39 Å². The minimum absolute atomic E-state index is 0.0415. The third kappa shape index (κ3) is 3.75. The van der Waals surface area contributed by atoms with Crippen molar-refractivity contribution >= 4 is 15.9 Å². The van der Waals surface area contributed by atoms with E-state index in [2.05, 4.69) is 27.8 Å².